The SMILES string of the molecule is CC1CCC(N2C(=O)C3C(C(=O)Nc4cc(Cl)cc(Cl)c4)C4CCC3(O4)C2C(C)NC2CCCC(C)C2C)CC1. The van der Waals surface area contributed by atoms with Gasteiger partial charge in [-0.05, 0) is 87.8 Å². The fourth-order valence-corrected chi connectivity index (χ4v) is 9.60. The zero-order chi connectivity index (χ0) is 28.3. The van der Waals surface area contributed by atoms with Crippen LogP contribution in [0.5, 0.6) is 0 Å². The van der Waals surface area contributed by atoms with Gasteiger partial charge >= 0.3 is 0 Å². The molecule has 9 atom stereocenters. The molecule has 3 heterocycles. The number of hydrogen-bond donors (Lipinski definition) is 2. The van der Waals surface area contributed by atoms with E-state index < -0.39 is 17.4 Å². The molecule has 8 heteroatoms. The third-order valence-corrected chi connectivity index (χ3v) is 11.7. The molecule has 5 aliphatic rings. The summed E-state index contributed by atoms with van der Waals surface area (Å²) in [5.74, 6) is 0.949. The second-order valence-electron chi connectivity index (χ2n) is 13.7. The van der Waals surface area contributed by atoms with Crippen LogP contribution in [0.25, 0.3) is 0 Å². The molecule has 6 rings (SSSR count). The Balaban J connectivity index is 1.31. The van der Waals surface area contributed by atoms with Gasteiger partial charge in [0.2, 0.25) is 11.8 Å². The van der Waals surface area contributed by atoms with Gasteiger partial charge in [-0.25, -0.2) is 0 Å². The number of amides is 2. The van der Waals surface area contributed by atoms with Gasteiger partial charge in [0.1, 0.15) is 5.60 Å². The maximum absolute atomic E-state index is 14.5. The molecule has 1 aromatic rings. The van der Waals surface area contributed by atoms with Gasteiger partial charge in [0.25, 0.3) is 0 Å². The topological polar surface area (TPSA) is 70.7 Å². The lowest BCUT2D eigenvalue weighted by molar-refractivity contribution is -0.140. The normalized spacial score (nSPS) is 41.7. The average Bonchev–Trinajstić information content (AvgIpc) is 3.54. The van der Waals surface area contributed by atoms with Gasteiger partial charge in [-0.3, -0.25) is 9.59 Å². The predicted octanol–water partition coefficient (Wildman–Crippen LogP) is 6.69. The molecule has 2 amide bonds. The van der Waals surface area contributed by atoms with Crippen molar-refractivity contribution in [3.63, 3.8) is 0 Å². The first kappa shape index (κ1) is 28.8. The summed E-state index contributed by atoms with van der Waals surface area (Å²) >= 11 is 12.4. The quantitative estimate of drug-likeness (QED) is 0.388. The lowest BCUT2D eigenvalue weighted by Crippen LogP contribution is -2.61. The molecule has 1 aromatic carbocycles. The molecular formula is C32H45Cl2N3O3. The van der Waals surface area contributed by atoms with Crippen LogP contribution in [0.2, 0.25) is 10.0 Å². The van der Waals surface area contributed by atoms with Crippen LogP contribution in [0.4, 0.5) is 5.69 Å². The molecule has 3 aliphatic heterocycles. The van der Waals surface area contributed by atoms with Crippen LogP contribution in [0.1, 0.15) is 85.5 Å². The van der Waals surface area contributed by atoms with Crippen LogP contribution in [-0.4, -0.2) is 52.6 Å². The number of hydrogen-bond acceptors (Lipinski definition) is 4. The van der Waals surface area contributed by atoms with E-state index in [4.69, 9.17) is 27.9 Å². The molecule has 2 N–H and O–H groups in total. The van der Waals surface area contributed by atoms with Crippen molar-refractivity contribution in [1.82, 2.24) is 10.2 Å². The van der Waals surface area contributed by atoms with E-state index in [9.17, 15) is 9.59 Å². The summed E-state index contributed by atoms with van der Waals surface area (Å²) in [5.41, 5.74) is -0.0794. The van der Waals surface area contributed by atoms with Crippen molar-refractivity contribution in [2.45, 2.75) is 121 Å². The predicted molar refractivity (Wildman–Crippen MR) is 160 cm³/mol. The second-order valence-corrected chi connectivity index (χ2v) is 14.6. The minimum atomic E-state index is -0.630. The maximum atomic E-state index is 14.5. The molecule has 2 saturated carbocycles. The van der Waals surface area contributed by atoms with Crippen LogP contribution < -0.4 is 10.6 Å². The number of benzene rings is 1. The van der Waals surface area contributed by atoms with Crippen molar-refractivity contribution in [2.24, 2.45) is 29.6 Å². The van der Waals surface area contributed by atoms with Crippen molar-refractivity contribution in [1.29, 1.82) is 0 Å². The van der Waals surface area contributed by atoms with E-state index in [2.05, 4.69) is 43.2 Å². The fraction of sp³-hybridized carbons (Fsp3) is 0.750. The van der Waals surface area contributed by atoms with Crippen molar-refractivity contribution in [3.8, 4) is 0 Å². The summed E-state index contributed by atoms with van der Waals surface area (Å²) < 4.78 is 6.87. The van der Waals surface area contributed by atoms with Gasteiger partial charge in [0.15, 0.2) is 0 Å². The number of fused-ring (bicyclic) bond motifs is 1. The molecule has 2 bridgehead atoms. The zero-order valence-electron chi connectivity index (χ0n) is 24.3. The monoisotopic (exact) mass is 589 g/mol. The number of carbonyl (C=O) groups is 2. The molecule has 220 valence electrons. The van der Waals surface area contributed by atoms with Gasteiger partial charge < -0.3 is 20.3 Å². The van der Waals surface area contributed by atoms with Crippen molar-refractivity contribution in [2.75, 3.05) is 5.32 Å². The highest BCUT2D eigenvalue weighted by atomic mass is 35.5. The highest BCUT2D eigenvalue weighted by Crippen LogP contribution is 2.60. The highest BCUT2D eigenvalue weighted by molar-refractivity contribution is 6.35. The molecule has 1 spiro atoms. The Labute approximate surface area is 249 Å². The number of ether oxygens (including phenoxy) is 1. The lowest BCUT2D eigenvalue weighted by Gasteiger charge is -2.46. The van der Waals surface area contributed by atoms with Crippen LogP contribution in [0.15, 0.2) is 18.2 Å². The Morgan fingerprint density at radius 1 is 1.02 bits per heavy atom. The Kier molecular flexibility index (Phi) is 7.95. The number of rotatable bonds is 6. The first-order chi connectivity index (χ1) is 19.1. The number of carbonyl (C=O) groups excluding carboxylic acids is 2. The standard InChI is InChI=1S/C32H45Cl2N3O3/c1-17-8-10-24(11-9-17)37-29(20(4)35-25-7-5-6-18(2)19(25)3)32-13-12-26(40-32)27(28(32)31(37)39)30(38)36-23-15-21(33)14-22(34)16-23/h14-20,24-29,35H,5-13H2,1-4H3,(H,36,38). The molecule has 6 nitrogen and oxygen atoms in total. The molecule has 3 saturated heterocycles. The molecule has 0 aromatic heterocycles. The number of likely N-dealkylation sites (tertiary alicyclic amines) is 1. The lowest BCUT2D eigenvalue weighted by atomic mass is 9.69. The van der Waals surface area contributed by atoms with Crippen molar-refractivity contribution < 1.29 is 14.3 Å². The molecule has 2 aliphatic carbocycles. The number of nitrogens with zero attached hydrogens (tertiary/aromatic N) is 1. The smallest absolute Gasteiger partial charge is 0.231 e. The summed E-state index contributed by atoms with van der Waals surface area (Å²) in [6.45, 7) is 9.31. The van der Waals surface area contributed by atoms with Crippen LogP contribution in [0, 0.1) is 29.6 Å². The average molecular weight is 591 g/mol. The summed E-state index contributed by atoms with van der Waals surface area (Å²) in [6, 6.07) is 5.69. The molecule has 9 unspecified atom stereocenters. The first-order valence-electron chi connectivity index (χ1n) is 15.6. The van der Waals surface area contributed by atoms with Crippen LogP contribution in [-0.2, 0) is 14.3 Å². The Bertz CT molecular complexity index is 1120. The van der Waals surface area contributed by atoms with Crippen LogP contribution in [0.3, 0.4) is 0 Å². The summed E-state index contributed by atoms with van der Waals surface area (Å²) in [6.07, 6.45) is 9.40. The van der Waals surface area contributed by atoms with E-state index in [1.165, 1.54) is 19.3 Å². The molecule has 0 radical (unpaired) electrons. The summed E-state index contributed by atoms with van der Waals surface area (Å²) in [4.78, 5) is 30.6. The largest absolute Gasteiger partial charge is 0.368 e. The number of nitrogens with one attached hydrogen (secondary N) is 2. The highest BCUT2D eigenvalue weighted by Gasteiger charge is 2.74. The van der Waals surface area contributed by atoms with Crippen LogP contribution >= 0.6 is 23.2 Å². The molecule has 40 heavy (non-hydrogen) atoms. The zero-order valence-corrected chi connectivity index (χ0v) is 25.8. The third-order valence-electron chi connectivity index (χ3n) is 11.3. The van der Waals surface area contributed by atoms with E-state index in [1.54, 1.807) is 18.2 Å². The number of anilines is 1. The van der Waals surface area contributed by atoms with Gasteiger partial charge in [-0.1, -0.05) is 56.8 Å². The van der Waals surface area contributed by atoms with E-state index in [0.717, 1.165) is 38.5 Å². The number of halogens is 2. The van der Waals surface area contributed by atoms with Crippen molar-refractivity contribution >= 4 is 40.7 Å². The van der Waals surface area contributed by atoms with Crippen molar-refractivity contribution in [3.05, 3.63) is 28.2 Å². The van der Waals surface area contributed by atoms with Gasteiger partial charge in [0.05, 0.1) is 24.0 Å². The summed E-state index contributed by atoms with van der Waals surface area (Å²) in [5, 5.41) is 7.97. The van der Waals surface area contributed by atoms with Gasteiger partial charge in [0, 0.05) is 33.9 Å². The fourth-order valence-electron chi connectivity index (χ4n) is 9.07. The molecule has 5 fully saturated rings. The molecular weight excluding hydrogens is 545 g/mol. The summed E-state index contributed by atoms with van der Waals surface area (Å²) in [7, 11) is 0. The maximum Gasteiger partial charge on any atom is 0.231 e. The Morgan fingerprint density at radius 2 is 1.73 bits per heavy atom. The Morgan fingerprint density at radius 3 is 2.42 bits per heavy atom. The van der Waals surface area contributed by atoms with Gasteiger partial charge in [-0.2, -0.15) is 0 Å². The Hall–Kier alpha value is -1.34. The van der Waals surface area contributed by atoms with E-state index in [0.29, 0.717) is 39.5 Å². The van der Waals surface area contributed by atoms with Gasteiger partial charge in [-0.15, -0.1) is 0 Å². The van der Waals surface area contributed by atoms with E-state index >= 15 is 0 Å². The minimum absolute atomic E-state index is 0.0729. The minimum Gasteiger partial charge on any atom is -0.368 e. The second kappa shape index (κ2) is 11.1. The first-order valence-corrected chi connectivity index (χ1v) is 16.4. The van der Waals surface area contributed by atoms with E-state index in [1.807, 2.05) is 0 Å². The third kappa shape index (κ3) is 4.89. The van der Waals surface area contributed by atoms with E-state index in [-0.39, 0.29) is 36.0 Å².